The van der Waals surface area contributed by atoms with Gasteiger partial charge in [-0.2, -0.15) is 0 Å². The molecule has 0 amide bonds. The van der Waals surface area contributed by atoms with Crippen LogP contribution < -0.4 is 10.4 Å². The quantitative estimate of drug-likeness (QED) is 0.610. The molecule has 3 rings (SSSR count). The minimum Gasteiger partial charge on any atom is -0.306 e. The molecule has 0 saturated heterocycles. The van der Waals surface area contributed by atoms with E-state index >= 15 is 0 Å². The van der Waals surface area contributed by atoms with Crippen LogP contribution in [0.1, 0.15) is 17.5 Å². The molecule has 0 saturated carbocycles. The SMILES string of the molecule is O=c1[nH]c2ccc(CNS(=O)(=O)CCCc3ccccc3)cc2[nH]1. The number of hydrogen-bond donors (Lipinski definition) is 3. The number of aryl methyl sites for hydroxylation is 1. The number of sulfonamides is 1. The standard InChI is InChI=1S/C17H19N3O3S/c21-17-19-15-9-8-14(11-16(15)20-17)12-18-24(22,23)10-4-7-13-5-2-1-3-6-13/h1-3,5-6,8-9,11,18H,4,7,10,12H2,(H2,19,20,21). The lowest BCUT2D eigenvalue weighted by Gasteiger charge is -2.07. The summed E-state index contributed by atoms with van der Waals surface area (Å²) < 4.78 is 26.8. The van der Waals surface area contributed by atoms with E-state index in [0.717, 1.165) is 17.5 Å². The zero-order valence-electron chi connectivity index (χ0n) is 13.1. The summed E-state index contributed by atoms with van der Waals surface area (Å²) in [5.41, 5.74) is 3.03. The molecule has 7 heteroatoms. The molecule has 1 heterocycles. The predicted molar refractivity (Wildman–Crippen MR) is 94.3 cm³/mol. The van der Waals surface area contributed by atoms with Crippen LogP contribution in [-0.2, 0) is 23.0 Å². The Hall–Kier alpha value is -2.38. The van der Waals surface area contributed by atoms with Crippen molar-refractivity contribution >= 4 is 21.1 Å². The molecule has 0 bridgehead atoms. The van der Waals surface area contributed by atoms with Crippen LogP contribution in [-0.4, -0.2) is 24.1 Å². The van der Waals surface area contributed by atoms with Crippen LogP contribution >= 0.6 is 0 Å². The number of aromatic nitrogens is 2. The Bertz CT molecular complexity index is 975. The summed E-state index contributed by atoms with van der Waals surface area (Å²) in [7, 11) is -3.33. The molecule has 3 aromatic rings. The Morgan fingerprint density at radius 2 is 1.67 bits per heavy atom. The molecule has 6 nitrogen and oxygen atoms in total. The number of rotatable bonds is 7. The smallest absolute Gasteiger partial charge is 0.306 e. The fourth-order valence-corrected chi connectivity index (χ4v) is 3.62. The van der Waals surface area contributed by atoms with Crippen LogP contribution in [0.15, 0.2) is 53.3 Å². The monoisotopic (exact) mass is 345 g/mol. The van der Waals surface area contributed by atoms with E-state index in [1.54, 1.807) is 18.2 Å². The number of fused-ring (bicyclic) bond motifs is 1. The maximum Gasteiger partial charge on any atom is 0.323 e. The first-order valence-corrected chi connectivity index (χ1v) is 9.39. The summed E-state index contributed by atoms with van der Waals surface area (Å²) in [6.45, 7) is 0.205. The second kappa shape index (κ2) is 7.02. The Balaban J connectivity index is 1.54. The van der Waals surface area contributed by atoms with E-state index in [9.17, 15) is 13.2 Å². The highest BCUT2D eigenvalue weighted by Crippen LogP contribution is 2.10. The highest BCUT2D eigenvalue weighted by Gasteiger charge is 2.10. The lowest BCUT2D eigenvalue weighted by molar-refractivity contribution is 0.578. The van der Waals surface area contributed by atoms with E-state index in [1.807, 2.05) is 30.3 Å². The molecule has 0 aliphatic heterocycles. The van der Waals surface area contributed by atoms with Gasteiger partial charge in [0.2, 0.25) is 10.0 Å². The summed E-state index contributed by atoms with van der Waals surface area (Å²) >= 11 is 0. The molecule has 0 fully saturated rings. The van der Waals surface area contributed by atoms with E-state index in [-0.39, 0.29) is 18.0 Å². The minimum absolute atomic E-state index is 0.0884. The molecular formula is C17H19N3O3S. The zero-order valence-corrected chi connectivity index (χ0v) is 13.9. The lowest BCUT2D eigenvalue weighted by Crippen LogP contribution is -2.26. The summed E-state index contributed by atoms with van der Waals surface area (Å²) in [4.78, 5) is 16.5. The highest BCUT2D eigenvalue weighted by atomic mass is 32.2. The van der Waals surface area contributed by atoms with Gasteiger partial charge in [0.15, 0.2) is 0 Å². The summed E-state index contributed by atoms with van der Waals surface area (Å²) in [6, 6.07) is 15.1. The van der Waals surface area contributed by atoms with Gasteiger partial charge in [0.05, 0.1) is 16.8 Å². The predicted octanol–water partition coefficient (Wildman–Crippen LogP) is 1.91. The van der Waals surface area contributed by atoms with Crippen molar-refractivity contribution in [1.82, 2.24) is 14.7 Å². The Morgan fingerprint density at radius 3 is 2.46 bits per heavy atom. The van der Waals surface area contributed by atoms with Crippen molar-refractivity contribution < 1.29 is 8.42 Å². The van der Waals surface area contributed by atoms with E-state index in [1.165, 1.54) is 0 Å². The average molecular weight is 345 g/mol. The first-order chi connectivity index (χ1) is 11.5. The van der Waals surface area contributed by atoms with Crippen molar-refractivity contribution in [3.63, 3.8) is 0 Å². The number of H-pyrrole nitrogens is 2. The first-order valence-electron chi connectivity index (χ1n) is 7.74. The van der Waals surface area contributed by atoms with Gasteiger partial charge in [-0.1, -0.05) is 36.4 Å². The molecule has 126 valence electrons. The van der Waals surface area contributed by atoms with E-state index in [2.05, 4.69) is 14.7 Å². The third-order valence-electron chi connectivity index (χ3n) is 3.80. The molecule has 0 aliphatic rings. The van der Waals surface area contributed by atoms with Crippen LogP contribution in [0.25, 0.3) is 11.0 Å². The van der Waals surface area contributed by atoms with Crippen LogP contribution in [0.3, 0.4) is 0 Å². The topological polar surface area (TPSA) is 94.8 Å². The normalized spacial score (nSPS) is 11.8. The molecule has 0 atom stereocenters. The fraction of sp³-hybridized carbons (Fsp3) is 0.235. The Morgan fingerprint density at radius 1 is 0.917 bits per heavy atom. The van der Waals surface area contributed by atoms with Crippen molar-refractivity contribution in [3.8, 4) is 0 Å². The van der Waals surface area contributed by atoms with Crippen LogP contribution in [0.2, 0.25) is 0 Å². The van der Waals surface area contributed by atoms with E-state index < -0.39 is 10.0 Å². The van der Waals surface area contributed by atoms with E-state index in [4.69, 9.17) is 0 Å². The van der Waals surface area contributed by atoms with Crippen molar-refractivity contribution in [2.45, 2.75) is 19.4 Å². The van der Waals surface area contributed by atoms with Gasteiger partial charge < -0.3 is 9.97 Å². The van der Waals surface area contributed by atoms with Crippen molar-refractivity contribution in [2.75, 3.05) is 5.75 Å². The first kappa shape index (κ1) is 16.5. The van der Waals surface area contributed by atoms with E-state index in [0.29, 0.717) is 17.5 Å². The third-order valence-corrected chi connectivity index (χ3v) is 5.21. The maximum atomic E-state index is 12.1. The second-order valence-electron chi connectivity index (χ2n) is 5.69. The number of benzene rings is 2. The van der Waals surface area contributed by atoms with Gasteiger partial charge in [-0.15, -0.1) is 0 Å². The third kappa shape index (κ3) is 4.33. The molecule has 0 radical (unpaired) electrons. The fourth-order valence-electron chi connectivity index (χ4n) is 2.57. The maximum absolute atomic E-state index is 12.1. The number of aromatic amines is 2. The van der Waals surface area contributed by atoms with Gasteiger partial charge in [0.25, 0.3) is 0 Å². The van der Waals surface area contributed by atoms with Crippen molar-refractivity contribution in [1.29, 1.82) is 0 Å². The lowest BCUT2D eigenvalue weighted by atomic mass is 10.1. The largest absolute Gasteiger partial charge is 0.323 e. The minimum atomic E-state index is -3.33. The van der Waals surface area contributed by atoms with Gasteiger partial charge in [0, 0.05) is 6.54 Å². The number of nitrogens with one attached hydrogen (secondary N) is 3. The Kier molecular flexibility index (Phi) is 4.82. The molecule has 0 aliphatic carbocycles. The van der Waals surface area contributed by atoms with Crippen LogP contribution in [0, 0.1) is 0 Å². The zero-order chi connectivity index (χ0) is 17.0. The van der Waals surface area contributed by atoms with Gasteiger partial charge in [-0.3, -0.25) is 0 Å². The average Bonchev–Trinajstić information content (AvgIpc) is 2.93. The summed E-state index contributed by atoms with van der Waals surface area (Å²) in [5.74, 6) is 0.0884. The summed E-state index contributed by atoms with van der Waals surface area (Å²) in [6.07, 6.45) is 1.31. The highest BCUT2D eigenvalue weighted by molar-refractivity contribution is 7.89. The van der Waals surface area contributed by atoms with Crippen molar-refractivity contribution in [3.05, 3.63) is 70.1 Å². The molecule has 3 N–H and O–H groups in total. The van der Waals surface area contributed by atoms with Gasteiger partial charge in [0.1, 0.15) is 0 Å². The molecule has 1 aromatic heterocycles. The molecular weight excluding hydrogens is 326 g/mol. The second-order valence-corrected chi connectivity index (χ2v) is 7.61. The number of hydrogen-bond acceptors (Lipinski definition) is 3. The molecule has 0 unspecified atom stereocenters. The van der Waals surface area contributed by atoms with Crippen LogP contribution in [0.5, 0.6) is 0 Å². The Labute approximate surface area is 140 Å². The van der Waals surface area contributed by atoms with Gasteiger partial charge in [-0.25, -0.2) is 17.9 Å². The van der Waals surface area contributed by atoms with Gasteiger partial charge >= 0.3 is 5.69 Å². The van der Waals surface area contributed by atoms with Crippen molar-refractivity contribution in [2.24, 2.45) is 0 Å². The summed E-state index contributed by atoms with van der Waals surface area (Å²) in [5, 5.41) is 0. The molecule has 2 aromatic carbocycles. The van der Waals surface area contributed by atoms with Crippen LogP contribution in [0.4, 0.5) is 0 Å². The van der Waals surface area contributed by atoms with Gasteiger partial charge in [-0.05, 0) is 36.1 Å². The number of imidazole rings is 1. The molecule has 24 heavy (non-hydrogen) atoms. The molecule has 0 spiro atoms.